The van der Waals surface area contributed by atoms with E-state index in [-0.39, 0.29) is 28.6 Å². The minimum Gasteiger partial charge on any atom is -0.454 e. The monoisotopic (exact) mass is 491 g/mol. The number of carbonyl (C=O) groups is 2. The first-order chi connectivity index (χ1) is 17.3. The van der Waals surface area contributed by atoms with Gasteiger partial charge in [0.25, 0.3) is 17.4 Å². The molecule has 4 rings (SSSR count). The van der Waals surface area contributed by atoms with Gasteiger partial charge in [-0.1, -0.05) is 18.2 Å². The van der Waals surface area contributed by atoms with Crippen LogP contribution in [0.25, 0.3) is 5.69 Å². The molecule has 0 unspecified atom stereocenters. The molecule has 0 atom stereocenters. The summed E-state index contributed by atoms with van der Waals surface area (Å²) in [6.07, 6.45) is 1.35. The van der Waals surface area contributed by atoms with Crippen LogP contribution in [-0.4, -0.2) is 37.9 Å². The lowest BCUT2D eigenvalue weighted by Gasteiger charge is -2.10. The van der Waals surface area contributed by atoms with E-state index < -0.39 is 29.8 Å². The number of amides is 2. The van der Waals surface area contributed by atoms with Crippen LogP contribution in [0.2, 0.25) is 0 Å². The van der Waals surface area contributed by atoms with Gasteiger partial charge in [-0.05, 0) is 37.3 Å². The first-order valence-corrected chi connectivity index (χ1v) is 10.8. The zero-order valence-corrected chi connectivity index (χ0v) is 19.4. The molecule has 2 aromatic carbocycles. The molecule has 0 radical (unpaired) electrons. The fourth-order valence-corrected chi connectivity index (χ4v) is 3.54. The van der Waals surface area contributed by atoms with Gasteiger partial charge in [0.05, 0.1) is 11.4 Å². The van der Waals surface area contributed by atoms with Crippen molar-refractivity contribution in [3.8, 4) is 17.2 Å². The Kier molecular flexibility index (Phi) is 6.93. The summed E-state index contributed by atoms with van der Waals surface area (Å²) in [6, 6.07) is 15.5. The molecule has 36 heavy (non-hydrogen) atoms. The van der Waals surface area contributed by atoms with Crippen LogP contribution >= 0.6 is 0 Å². The number of aliphatic hydroxyl groups excluding tert-OH is 1. The first kappa shape index (κ1) is 24.4. The number of nitrogens with one attached hydrogen (secondary N) is 2. The van der Waals surface area contributed by atoms with Crippen molar-refractivity contribution in [1.82, 2.24) is 14.3 Å². The van der Waals surface area contributed by atoms with E-state index in [4.69, 9.17) is 9.84 Å². The summed E-state index contributed by atoms with van der Waals surface area (Å²) in [4.78, 5) is 41.2. The van der Waals surface area contributed by atoms with Gasteiger partial charge in [0, 0.05) is 31.1 Å². The molecule has 0 aliphatic heterocycles. The molecule has 0 saturated carbocycles. The maximum absolute atomic E-state index is 14.7. The third-order valence-electron chi connectivity index (χ3n) is 5.34. The zero-order valence-electron chi connectivity index (χ0n) is 19.4. The number of ether oxygens (including phenoxy) is 1. The van der Waals surface area contributed by atoms with Crippen LogP contribution in [0.4, 0.5) is 15.9 Å². The highest BCUT2D eigenvalue weighted by Gasteiger charge is 2.22. The SMILES string of the molecule is Cc1c(C(=O)Nc2ccc(Oc3ccnc(NC(=O)CO)c3)c(F)c2)c(=O)n(-c2ccccc2)n1C. The summed E-state index contributed by atoms with van der Waals surface area (Å²) in [5, 5.41) is 13.7. The molecule has 2 heterocycles. The largest absolute Gasteiger partial charge is 0.454 e. The summed E-state index contributed by atoms with van der Waals surface area (Å²) in [5.74, 6) is -1.92. The third kappa shape index (κ3) is 5.00. The molecule has 11 heteroatoms. The van der Waals surface area contributed by atoms with Gasteiger partial charge in [-0.2, -0.15) is 0 Å². The molecule has 0 aliphatic carbocycles. The van der Waals surface area contributed by atoms with Crippen LogP contribution in [0.15, 0.2) is 71.7 Å². The first-order valence-electron chi connectivity index (χ1n) is 10.8. The Balaban J connectivity index is 1.53. The molecular formula is C25H22FN5O5. The number of para-hydroxylation sites is 1. The predicted molar refractivity (Wildman–Crippen MR) is 130 cm³/mol. The molecule has 0 bridgehead atoms. The predicted octanol–water partition coefficient (Wildman–Crippen LogP) is 2.99. The molecular weight excluding hydrogens is 469 g/mol. The maximum atomic E-state index is 14.7. The van der Waals surface area contributed by atoms with Crippen molar-refractivity contribution < 1.29 is 23.8 Å². The third-order valence-corrected chi connectivity index (χ3v) is 5.34. The van der Waals surface area contributed by atoms with Gasteiger partial charge in [-0.3, -0.25) is 19.1 Å². The highest BCUT2D eigenvalue weighted by Crippen LogP contribution is 2.28. The van der Waals surface area contributed by atoms with Crippen molar-refractivity contribution in [3.63, 3.8) is 0 Å². The minimum absolute atomic E-state index is 0.0590. The molecule has 184 valence electrons. The van der Waals surface area contributed by atoms with Crippen molar-refractivity contribution >= 4 is 23.3 Å². The molecule has 4 aromatic rings. The quantitative estimate of drug-likeness (QED) is 0.365. The fraction of sp³-hybridized carbons (Fsp3) is 0.120. The molecule has 0 saturated heterocycles. The van der Waals surface area contributed by atoms with Crippen LogP contribution in [0, 0.1) is 12.7 Å². The maximum Gasteiger partial charge on any atom is 0.284 e. The number of benzene rings is 2. The number of rotatable bonds is 7. The van der Waals surface area contributed by atoms with Crippen molar-refractivity contribution in [3.05, 3.63) is 94.3 Å². The molecule has 0 aliphatic rings. The lowest BCUT2D eigenvalue weighted by Crippen LogP contribution is -2.25. The van der Waals surface area contributed by atoms with Gasteiger partial charge in [0.2, 0.25) is 0 Å². The van der Waals surface area contributed by atoms with Crippen LogP contribution in [0.3, 0.4) is 0 Å². The smallest absolute Gasteiger partial charge is 0.284 e. The number of anilines is 2. The second kappa shape index (κ2) is 10.2. The van der Waals surface area contributed by atoms with Gasteiger partial charge in [0.15, 0.2) is 11.6 Å². The van der Waals surface area contributed by atoms with Gasteiger partial charge in [0.1, 0.15) is 23.7 Å². The minimum atomic E-state index is -0.767. The molecule has 0 fully saturated rings. The van der Waals surface area contributed by atoms with Crippen molar-refractivity contribution in [2.45, 2.75) is 6.92 Å². The Morgan fingerprint density at radius 3 is 2.53 bits per heavy atom. The summed E-state index contributed by atoms with van der Waals surface area (Å²) in [6.45, 7) is 0.941. The van der Waals surface area contributed by atoms with Gasteiger partial charge in [-0.25, -0.2) is 14.1 Å². The lowest BCUT2D eigenvalue weighted by atomic mass is 10.2. The second-order valence-electron chi connectivity index (χ2n) is 7.72. The van der Waals surface area contributed by atoms with E-state index in [0.717, 1.165) is 6.07 Å². The van der Waals surface area contributed by atoms with Gasteiger partial charge in [-0.15, -0.1) is 0 Å². The van der Waals surface area contributed by atoms with Gasteiger partial charge >= 0.3 is 0 Å². The van der Waals surface area contributed by atoms with Crippen molar-refractivity contribution in [1.29, 1.82) is 0 Å². The van der Waals surface area contributed by atoms with E-state index in [1.54, 1.807) is 42.9 Å². The number of nitrogens with zero attached hydrogens (tertiary/aromatic N) is 3. The topological polar surface area (TPSA) is 127 Å². The summed E-state index contributed by atoms with van der Waals surface area (Å²) < 4.78 is 23.2. The Labute approximate surface area is 204 Å². The number of halogens is 1. The molecule has 0 spiro atoms. The Morgan fingerprint density at radius 1 is 1.08 bits per heavy atom. The normalized spacial score (nSPS) is 10.7. The standard InChI is InChI=1S/C25H22FN5O5/c1-15-23(25(35)31(30(15)2)17-6-4-3-5-7-17)24(34)28-16-8-9-20(19(26)12-16)36-18-10-11-27-21(13-18)29-22(33)14-32/h3-13,32H,14H2,1-2H3,(H,28,34)(H,27,29,33). The van der Waals surface area contributed by atoms with Crippen molar-refractivity contribution in [2.24, 2.45) is 7.05 Å². The average Bonchev–Trinajstić information content (AvgIpc) is 3.09. The van der Waals surface area contributed by atoms with Gasteiger partial charge < -0.3 is 20.5 Å². The molecule has 2 aromatic heterocycles. The number of hydrogen-bond donors (Lipinski definition) is 3. The summed E-state index contributed by atoms with van der Waals surface area (Å²) in [7, 11) is 1.67. The Morgan fingerprint density at radius 2 is 1.83 bits per heavy atom. The number of aliphatic hydroxyl groups is 1. The Bertz CT molecular complexity index is 1500. The molecule has 3 N–H and O–H groups in total. The van der Waals surface area contributed by atoms with E-state index >= 15 is 0 Å². The van der Waals surface area contributed by atoms with Crippen LogP contribution in [0.5, 0.6) is 11.5 Å². The number of carbonyl (C=O) groups excluding carboxylic acids is 2. The fourth-order valence-electron chi connectivity index (χ4n) is 3.54. The van der Waals surface area contributed by atoms with Crippen LogP contribution in [0.1, 0.15) is 16.1 Å². The molecule has 10 nitrogen and oxygen atoms in total. The number of aromatic nitrogens is 3. The van der Waals surface area contributed by atoms with Crippen LogP contribution < -0.4 is 20.9 Å². The van der Waals surface area contributed by atoms with Crippen LogP contribution in [-0.2, 0) is 11.8 Å². The Hall–Kier alpha value is -4.77. The highest BCUT2D eigenvalue weighted by atomic mass is 19.1. The van der Waals surface area contributed by atoms with E-state index in [2.05, 4.69) is 15.6 Å². The number of pyridine rings is 1. The summed E-state index contributed by atoms with van der Waals surface area (Å²) in [5.41, 5.74) is 0.625. The second-order valence-corrected chi connectivity index (χ2v) is 7.72. The number of hydrogen-bond acceptors (Lipinski definition) is 6. The van der Waals surface area contributed by atoms with E-state index in [9.17, 15) is 18.8 Å². The van der Waals surface area contributed by atoms with E-state index in [1.165, 1.54) is 35.1 Å². The average molecular weight is 491 g/mol. The summed E-state index contributed by atoms with van der Waals surface area (Å²) >= 11 is 0. The van der Waals surface area contributed by atoms with Crippen molar-refractivity contribution in [2.75, 3.05) is 17.2 Å². The lowest BCUT2D eigenvalue weighted by molar-refractivity contribution is -0.118. The van der Waals surface area contributed by atoms with E-state index in [0.29, 0.717) is 11.4 Å². The zero-order chi connectivity index (χ0) is 25.8. The molecule has 2 amide bonds. The van der Waals surface area contributed by atoms with E-state index in [1.807, 2.05) is 6.07 Å². The highest BCUT2D eigenvalue weighted by molar-refractivity contribution is 6.05.